The summed E-state index contributed by atoms with van der Waals surface area (Å²) in [6, 6.07) is 6.25. The van der Waals surface area contributed by atoms with Crippen LogP contribution in [-0.2, 0) is 16.6 Å². The highest BCUT2D eigenvalue weighted by molar-refractivity contribution is 5.80. The van der Waals surface area contributed by atoms with Gasteiger partial charge in [0.1, 0.15) is 0 Å². The molecule has 3 heteroatoms. The summed E-state index contributed by atoms with van der Waals surface area (Å²) < 4.78 is 0. The van der Waals surface area contributed by atoms with Gasteiger partial charge in [0.25, 0.3) is 0 Å². The molecule has 0 amide bonds. The van der Waals surface area contributed by atoms with Gasteiger partial charge in [-0.25, -0.2) is 0 Å². The van der Waals surface area contributed by atoms with E-state index in [1.54, 1.807) is 13.8 Å². The summed E-state index contributed by atoms with van der Waals surface area (Å²) in [5, 5.41) is 9.37. The van der Waals surface area contributed by atoms with Crippen molar-refractivity contribution < 1.29 is 9.90 Å². The molecule has 1 N–H and O–H groups in total. The minimum absolute atomic E-state index is 0.761. The second kappa shape index (κ2) is 5.36. The predicted octanol–water partition coefficient (Wildman–Crippen LogP) is 3.60. The van der Waals surface area contributed by atoms with Crippen LogP contribution in [0.1, 0.15) is 50.7 Å². The Labute approximate surface area is 127 Å². The molecular formula is C18H25NO2. The van der Waals surface area contributed by atoms with Gasteiger partial charge >= 0.3 is 5.97 Å². The lowest BCUT2D eigenvalue weighted by atomic mass is 9.84. The number of aliphatic carboxylic acids is 1. The van der Waals surface area contributed by atoms with Gasteiger partial charge in [-0.2, -0.15) is 0 Å². The first-order valence-electron chi connectivity index (χ1n) is 8.10. The first-order valence-corrected chi connectivity index (χ1v) is 8.10. The predicted molar refractivity (Wildman–Crippen MR) is 85.0 cm³/mol. The van der Waals surface area contributed by atoms with Gasteiger partial charge in [-0.3, -0.25) is 4.79 Å². The molecule has 1 saturated carbocycles. The molecular weight excluding hydrogens is 262 g/mol. The van der Waals surface area contributed by atoms with Crippen molar-refractivity contribution in [3.63, 3.8) is 0 Å². The number of carbonyl (C=O) groups is 1. The Bertz CT molecular complexity index is 544. The quantitative estimate of drug-likeness (QED) is 0.920. The molecule has 114 valence electrons. The largest absolute Gasteiger partial charge is 0.481 e. The summed E-state index contributed by atoms with van der Waals surface area (Å²) in [5.74, 6) is 0.0920. The smallest absolute Gasteiger partial charge is 0.313 e. The van der Waals surface area contributed by atoms with Crippen LogP contribution in [0.15, 0.2) is 18.2 Å². The Morgan fingerprint density at radius 1 is 1.33 bits per heavy atom. The number of fused-ring (bicyclic) bond motifs is 1. The van der Waals surface area contributed by atoms with E-state index >= 15 is 0 Å². The van der Waals surface area contributed by atoms with E-state index in [0.29, 0.717) is 0 Å². The summed E-state index contributed by atoms with van der Waals surface area (Å²) in [6.45, 7) is 5.82. The summed E-state index contributed by atoms with van der Waals surface area (Å²) in [6.07, 6.45) is 6.56. The zero-order valence-corrected chi connectivity index (χ0v) is 13.1. The molecule has 21 heavy (non-hydrogen) atoms. The van der Waals surface area contributed by atoms with Gasteiger partial charge in [0, 0.05) is 18.8 Å². The number of carboxylic acids is 1. The minimum Gasteiger partial charge on any atom is -0.481 e. The molecule has 1 aliphatic carbocycles. The fourth-order valence-electron chi connectivity index (χ4n) is 3.68. The molecule has 3 nitrogen and oxygen atoms in total. The summed E-state index contributed by atoms with van der Waals surface area (Å²) >= 11 is 0. The van der Waals surface area contributed by atoms with Gasteiger partial charge in [-0.05, 0) is 56.2 Å². The second-order valence-electron chi connectivity index (χ2n) is 7.12. The van der Waals surface area contributed by atoms with Crippen LogP contribution in [0.4, 0.5) is 5.69 Å². The molecule has 0 bridgehead atoms. The lowest BCUT2D eigenvalue weighted by Gasteiger charge is -2.24. The fourth-order valence-corrected chi connectivity index (χ4v) is 3.68. The van der Waals surface area contributed by atoms with E-state index in [1.165, 1.54) is 43.5 Å². The van der Waals surface area contributed by atoms with E-state index in [9.17, 15) is 9.90 Å². The standard InChI is InChI=1S/C18H25NO2/c1-18(2,17(20)21)15-7-8-16-14(11-15)9-10-19(16)12-13-5-3-4-6-13/h7-8,11,13H,3-6,9-10,12H2,1-2H3,(H,20,21). The first-order chi connectivity index (χ1) is 9.98. The SMILES string of the molecule is CC(C)(C(=O)O)c1ccc2c(c1)CCN2CC1CCCC1. The molecule has 3 rings (SSSR count). The summed E-state index contributed by atoms with van der Waals surface area (Å²) in [4.78, 5) is 13.9. The fraction of sp³-hybridized carbons (Fsp3) is 0.611. The Balaban J connectivity index is 1.80. The molecule has 0 aromatic heterocycles. The Kier molecular flexibility index (Phi) is 3.68. The van der Waals surface area contributed by atoms with Crippen LogP contribution in [0.5, 0.6) is 0 Å². The van der Waals surface area contributed by atoms with Gasteiger partial charge in [0.15, 0.2) is 0 Å². The third-order valence-electron chi connectivity index (χ3n) is 5.28. The van der Waals surface area contributed by atoms with Crippen LogP contribution in [-0.4, -0.2) is 24.2 Å². The Morgan fingerprint density at radius 2 is 2.05 bits per heavy atom. The molecule has 1 aromatic carbocycles. The van der Waals surface area contributed by atoms with Gasteiger partial charge in [-0.1, -0.05) is 25.0 Å². The van der Waals surface area contributed by atoms with E-state index in [1.807, 2.05) is 6.07 Å². The number of carboxylic acid groups (broad SMARTS) is 1. The Morgan fingerprint density at radius 3 is 2.71 bits per heavy atom. The maximum Gasteiger partial charge on any atom is 0.313 e. The molecule has 1 aliphatic heterocycles. The normalized spacial score (nSPS) is 19.0. The van der Waals surface area contributed by atoms with Crippen LogP contribution >= 0.6 is 0 Å². The van der Waals surface area contributed by atoms with Crippen molar-refractivity contribution in [3.05, 3.63) is 29.3 Å². The molecule has 0 spiro atoms. The molecule has 2 aliphatic rings. The Hall–Kier alpha value is -1.51. The summed E-state index contributed by atoms with van der Waals surface area (Å²) in [5.41, 5.74) is 2.75. The van der Waals surface area contributed by atoms with Gasteiger partial charge in [0.2, 0.25) is 0 Å². The monoisotopic (exact) mass is 287 g/mol. The number of nitrogens with zero attached hydrogens (tertiary/aromatic N) is 1. The van der Waals surface area contributed by atoms with E-state index in [-0.39, 0.29) is 0 Å². The van der Waals surface area contributed by atoms with Crippen LogP contribution in [0.25, 0.3) is 0 Å². The average Bonchev–Trinajstić information content (AvgIpc) is 3.09. The maximum atomic E-state index is 11.4. The van der Waals surface area contributed by atoms with Crippen molar-refractivity contribution in [3.8, 4) is 0 Å². The van der Waals surface area contributed by atoms with Crippen molar-refractivity contribution in [2.45, 2.75) is 51.4 Å². The lowest BCUT2D eigenvalue weighted by Crippen LogP contribution is -2.28. The molecule has 1 heterocycles. The van der Waals surface area contributed by atoms with Gasteiger partial charge < -0.3 is 10.0 Å². The van der Waals surface area contributed by atoms with Crippen LogP contribution in [0, 0.1) is 5.92 Å². The highest BCUT2D eigenvalue weighted by Crippen LogP contribution is 2.35. The van der Waals surface area contributed by atoms with E-state index < -0.39 is 11.4 Å². The summed E-state index contributed by atoms with van der Waals surface area (Å²) in [7, 11) is 0. The van der Waals surface area contributed by atoms with Crippen molar-refractivity contribution in [2.75, 3.05) is 18.0 Å². The number of hydrogen-bond acceptors (Lipinski definition) is 2. The van der Waals surface area contributed by atoms with Crippen LogP contribution in [0.3, 0.4) is 0 Å². The number of hydrogen-bond donors (Lipinski definition) is 1. The lowest BCUT2D eigenvalue weighted by molar-refractivity contribution is -0.142. The second-order valence-corrected chi connectivity index (χ2v) is 7.12. The van der Waals surface area contributed by atoms with Crippen LogP contribution in [0.2, 0.25) is 0 Å². The average molecular weight is 287 g/mol. The molecule has 0 unspecified atom stereocenters. The molecule has 0 saturated heterocycles. The number of anilines is 1. The zero-order chi connectivity index (χ0) is 15.0. The van der Waals surface area contributed by atoms with Crippen molar-refractivity contribution in [1.29, 1.82) is 0 Å². The third kappa shape index (κ3) is 2.66. The van der Waals surface area contributed by atoms with Crippen molar-refractivity contribution in [2.24, 2.45) is 5.92 Å². The van der Waals surface area contributed by atoms with E-state index in [2.05, 4.69) is 17.0 Å². The minimum atomic E-state index is -0.812. The van der Waals surface area contributed by atoms with Crippen molar-refractivity contribution in [1.82, 2.24) is 0 Å². The first kappa shape index (κ1) is 14.4. The van der Waals surface area contributed by atoms with Crippen LogP contribution < -0.4 is 4.90 Å². The number of benzene rings is 1. The number of rotatable bonds is 4. The third-order valence-corrected chi connectivity index (χ3v) is 5.28. The zero-order valence-electron chi connectivity index (χ0n) is 13.1. The molecule has 1 aromatic rings. The van der Waals surface area contributed by atoms with E-state index in [0.717, 1.165) is 24.4 Å². The van der Waals surface area contributed by atoms with Gasteiger partial charge in [0.05, 0.1) is 5.41 Å². The highest BCUT2D eigenvalue weighted by Gasteiger charge is 2.31. The van der Waals surface area contributed by atoms with Crippen molar-refractivity contribution >= 4 is 11.7 Å². The molecule has 1 fully saturated rings. The molecule has 0 radical (unpaired) electrons. The maximum absolute atomic E-state index is 11.4. The molecule has 0 atom stereocenters. The van der Waals surface area contributed by atoms with Gasteiger partial charge in [-0.15, -0.1) is 0 Å². The topological polar surface area (TPSA) is 40.5 Å². The highest BCUT2D eigenvalue weighted by atomic mass is 16.4. The van der Waals surface area contributed by atoms with E-state index in [4.69, 9.17) is 0 Å².